The van der Waals surface area contributed by atoms with Crippen molar-refractivity contribution in [3.63, 3.8) is 0 Å². The normalized spacial score (nSPS) is 21.8. The molecule has 0 bridgehead atoms. The lowest BCUT2D eigenvalue weighted by Crippen LogP contribution is -2.67. The molecule has 0 aliphatic carbocycles. The molecule has 1 heterocycles. The number of benzene rings is 2. The SMILES string of the molecule is CC(C)(C)[Si](OC[C@H]1OC(=O)CC/C=C\C[C@H]1Cl)(c1ccccc1)c1ccccc1. The number of hydrogen-bond donors (Lipinski definition) is 0. The number of carbonyl (C=O) groups is 1. The Morgan fingerprint density at radius 3 is 2.10 bits per heavy atom. The topological polar surface area (TPSA) is 35.5 Å². The summed E-state index contributed by atoms with van der Waals surface area (Å²) in [5.41, 5.74) is 0. The number of halogens is 1. The number of esters is 1. The van der Waals surface area contributed by atoms with Gasteiger partial charge in [-0.25, -0.2) is 0 Å². The molecule has 1 aliphatic rings. The summed E-state index contributed by atoms with van der Waals surface area (Å²) in [7, 11) is -2.69. The van der Waals surface area contributed by atoms with E-state index in [-0.39, 0.29) is 23.0 Å². The highest BCUT2D eigenvalue weighted by atomic mass is 35.5. The molecule has 160 valence electrons. The van der Waals surface area contributed by atoms with Gasteiger partial charge >= 0.3 is 5.97 Å². The van der Waals surface area contributed by atoms with Crippen LogP contribution in [0.4, 0.5) is 0 Å². The molecule has 0 N–H and O–H groups in total. The molecule has 0 saturated heterocycles. The molecule has 1 aliphatic heterocycles. The van der Waals surface area contributed by atoms with E-state index in [2.05, 4.69) is 69.3 Å². The van der Waals surface area contributed by atoms with Gasteiger partial charge in [-0.3, -0.25) is 4.79 Å². The van der Waals surface area contributed by atoms with Gasteiger partial charge in [0.25, 0.3) is 8.32 Å². The Labute approximate surface area is 186 Å². The summed E-state index contributed by atoms with van der Waals surface area (Å²) in [5.74, 6) is -0.219. The van der Waals surface area contributed by atoms with Gasteiger partial charge in [0.05, 0.1) is 12.0 Å². The molecule has 0 amide bonds. The third-order valence-electron chi connectivity index (χ3n) is 5.61. The summed E-state index contributed by atoms with van der Waals surface area (Å²) in [4.78, 5) is 12.2. The van der Waals surface area contributed by atoms with E-state index in [9.17, 15) is 4.79 Å². The van der Waals surface area contributed by atoms with Crippen LogP contribution < -0.4 is 10.4 Å². The second kappa shape index (κ2) is 9.95. The van der Waals surface area contributed by atoms with Crippen LogP contribution in [0.15, 0.2) is 72.8 Å². The number of allylic oxidation sites excluding steroid dienone is 2. The molecule has 2 atom stereocenters. The molecule has 0 saturated carbocycles. The number of rotatable bonds is 5. The molecular formula is C25H31ClO3Si. The zero-order valence-electron chi connectivity index (χ0n) is 18.0. The van der Waals surface area contributed by atoms with E-state index in [1.54, 1.807) is 0 Å². The smallest absolute Gasteiger partial charge is 0.306 e. The van der Waals surface area contributed by atoms with E-state index in [1.807, 2.05) is 24.3 Å². The van der Waals surface area contributed by atoms with E-state index < -0.39 is 14.4 Å². The fourth-order valence-corrected chi connectivity index (χ4v) is 8.90. The molecule has 3 rings (SSSR count). The Kier molecular flexibility index (Phi) is 7.56. The maximum absolute atomic E-state index is 12.2. The standard InChI is InChI=1S/C25H31ClO3Si/c1-25(2,3)30(20-13-7-4-8-14-20,21-15-9-5-10-16-21)28-19-23-22(26)17-11-6-12-18-24(27)29-23/h4-11,13-16,22-23H,12,17-19H2,1-3H3/b11-6-/t22-,23-/m1/s1. The molecule has 3 nitrogen and oxygen atoms in total. The second-order valence-electron chi connectivity index (χ2n) is 8.76. The largest absolute Gasteiger partial charge is 0.458 e. The minimum atomic E-state index is -2.69. The Hall–Kier alpha value is -1.88. The molecular weight excluding hydrogens is 412 g/mol. The minimum absolute atomic E-state index is 0.139. The molecule has 2 aromatic rings. The summed E-state index contributed by atoms with van der Waals surface area (Å²) >= 11 is 6.64. The van der Waals surface area contributed by atoms with Crippen molar-refractivity contribution in [1.29, 1.82) is 0 Å². The van der Waals surface area contributed by atoms with Crippen molar-refractivity contribution in [3.05, 3.63) is 72.8 Å². The van der Waals surface area contributed by atoms with Gasteiger partial charge in [0, 0.05) is 6.42 Å². The Bertz CT molecular complexity index is 806. The second-order valence-corrected chi connectivity index (χ2v) is 13.6. The first-order chi connectivity index (χ1) is 14.3. The number of carbonyl (C=O) groups excluding carboxylic acids is 1. The zero-order chi connectivity index (χ0) is 21.6. The fraction of sp³-hybridized carbons (Fsp3) is 0.400. The van der Waals surface area contributed by atoms with Crippen LogP contribution in [0.25, 0.3) is 0 Å². The maximum Gasteiger partial charge on any atom is 0.306 e. The van der Waals surface area contributed by atoms with Crippen molar-refractivity contribution >= 4 is 36.3 Å². The molecule has 0 fully saturated rings. The number of alkyl halides is 1. The molecule has 30 heavy (non-hydrogen) atoms. The van der Waals surface area contributed by atoms with E-state index in [0.717, 1.165) is 0 Å². The van der Waals surface area contributed by atoms with Gasteiger partial charge in [-0.05, 0) is 28.3 Å². The van der Waals surface area contributed by atoms with Gasteiger partial charge in [0.1, 0.15) is 6.10 Å². The lowest BCUT2D eigenvalue weighted by molar-refractivity contribution is -0.150. The van der Waals surface area contributed by atoms with E-state index in [0.29, 0.717) is 19.3 Å². The molecule has 0 aromatic heterocycles. The van der Waals surface area contributed by atoms with Crippen molar-refractivity contribution in [2.24, 2.45) is 0 Å². The fourth-order valence-electron chi connectivity index (χ4n) is 4.11. The Morgan fingerprint density at radius 1 is 1.00 bits per heavy atom. The molecule has 0 radical (unpaired) electrons. The summed E-state index contributed by atoms with van der Waals surface area (Å²) in [6.07, 6.45) is 5.27. The average molecular weight is 443 g/mol. The average Bonchev–Trinajstić information content (AvgIpc) is 2.80. The van der Waals surface area contributed by atoms with Crippen LogP contribution in [0.3, 0.4) is 0 Å². The van der Waals surface area contributed by atoms with Crippen molar-refractivity contribution in [1.82, 2.24) is 0 Å². The highest BCUT2D eigenvalue weighted by Crippen LogP contribution is 2.37. The summed E-state index contributed by atoms with van der Waals surface area (Å²) in [5, 5.41) is 1.94. The van der Waals surface area contributed by atoms with Crippen LogP contribution in [-0.2, 0) is 14.0 Å². The third-order valence-corrected chi connectivity index (χ3v) is 11.1. The van der Waals surface area contributed by atoms with Crippen LogP contribution in [0.2, 0.25) is 5.04 Å². The highest BCUT2D eigenvalue weighted by molar-refractivity contribution is 6.99. The van der Waals surface area contributed by atoms with Crippen molar-refractivity contribution in [3.8, 4) is 0 Å². The Morgan fingerprint density at radius 2 is 1.57 bits per heavy atom. The van der Waals surface area contributed by atoms with E-state index in [4.69, 9.17) is 20.8 Å². The van der Waals surface area contributed by atoms with Crippen LogP contribution in [0.1, 0.15) is 40.0 Å². The van der Waals surface area contributed by atoms with Crippen LogP contribution in [0.5, 0.6) is 0 Å². The maximum atomic E-state index is 12.2. The first-order valence-corrected chi connectivity index (χ1v) is 12.9. The van der Waals surface area contributed by atoms with E-state index >= 15 is 0 Å². The monoisotopic (exact) mass is 442 g/mol. The molecule has 0 unspecified atom stereocenters. The quantitative estimate of drug-likeness (QED) is 0.288. The zero-order valence-corrected chi connectivity index (χ0v) is 19.8. The predicted octanol–water partition coefficient (Wildman–Crippen LogP) is 4.82. The Balaban J connectivity index is 2.00. The predicted molar refractivity (Wildman–Crippen MR) is 126 cm³/mol. The van der Waals surface area contributed by atoms with Crippen LogP contribution in [0, 0.1) is 0 Å². The van der Waals surface area contributed by atoms with E-state index in [1.165, 1.54) is 10.4 Å². The molecule has 5 heteroatoms. The van der Waals surface area contributed by atoms with Crippen LogP contribution >= 0.6 is 11.6 Å². The van der Waals surface area contributed by atoms with Gasteiger partial charge in [0.15, 0.2) is 0 Å². The van der Waals surface area contributed by atoms with Gasteiger partial charge in [-0.1, -0.05) is 93.6 Å². The summed E-state index contributed by atoms with van der Waals surface area (Å²) < 4.78 is 12.7. The van der Waals surface area contributed by atoms with Gasteiger partial charge < -0.3 is 9.16 Å². The minimum Gasteiger partial charge on any atom is -0.458 e. The lowest BCUT2D eigenvalue weighted by Gasteiger charge is -2.43. The van der Waals surface area contributed by atoms with Gasteiger partial charge in [0.2, 0.25) is 0 Å². The number of hydrogen-bond acceptors (Lipinski definition) is 3. The highest BCUT2D eigenvalue weighted by Gasteiger charge is 2.50. The first-order valence-electron chi connectivity index (χ1n) is 10.6. The van der Waals surface area contributed by atoms with Crippen molar-refractivity contribution in [2.75, 3.05) is 6.61 Å². The first kappa shape index (κ1) is 22.8. The summed E-state index contributed by atoms with van der Waals surface area (Å²) in [6, 6.07) is 20.9. The molecule has 0 spiro atoms. The summed E-state index contributed by atoms with van der Waals surface area (Å²) in [6.45, 7) is 6.97. The third kappa shape index (κ3) is 5.05. The molecule has 2 aromatic carbocycles. The van der Waals surface area contributed by atoms with Gasteiger partial charge in [-0.2, -0.15) is 0 Å². The lowest BCUT2D eigenvalue weighted by atomic mass is 10.2. The number of ether oxygens (including phenoxy) is 1. The number of cyclic esters (lactones) is 1. The van der Waals surface area contributed by atoms with Gasteiger partial charge in [-0.15, -0.1) is 11.6 Å². The van der Waals surface area contributed by atoms with Crippen LogP contribution in [-0.4, -0.2) is 32.4 Å². The van der Waals surface area contributed by atoms with Crippen molar-refractivity contribution in [2.45, 2.75) is 56.6 Å². The van der Waals surface area contributed by atoms with Crippen molar-refractivity contribution < 1.29 is 14.0 Å².